The fourth-order valence-corrected chi connectivity index (χ4v) is 4.50. The molecule has 1 heterocycles. The zero-order valence-corrected chi connectivity index (χ0v) is 13.8. The van der Waals surface area contributed by atoms with Gasteiger partial charge in [-0.3, -0.25) is 0 Å². The average molecular weight is 248 g/mol. The first-order valence-electron chi connectivity index (χ1n) is 6.55. The molecule has 1 rings (SSSR count). The number of rotatable bonds is 3. The fraction of sp³-hybridized carbons (Fsp3) is 0.923. The molecule has 0 aromatic rings. The van der Waals surface area contributed by atoms with Crippen LogP contribution >= 0.6 is 0 Å². The number of hydrogen-bond donors (Lipinski definition) is 0. The molecule has 0 aliphatic carbocycles. The molecule has 1 saturated heterocycles. The molecule has 0 saturated carbocycles. The van der Waals surface area contributed by atoms with E-state index in [2.05, 4.69) is 50.3 Å². The van der Waals surface area contributed by atoms with Crippen LogP contribution in [0.25, 0.3) is 0 Å². The summed E-state index contributed by atoms with van der Waals surface area (Å²) in [5.41, 5.74) is 0. The van der Waals surface area contributed by atoms with Crippen LogP contribution in [0.15, 0.2) is 0 Å². The topological polar surface area (TPSA) is 6.48 Å². The molecule has 0 bridgehead atoms. The molecule has 0 N–H and O–H groups in total. The Morgan fingerprint density at radius 3 is 1.88 bits per heavy atom. The average Bonchev–Trinajstić information content (AvgIpc) is 2.17. The summed E-state index contributed by atoms with van der Waals surface area (Å²) in [7, 11) is -1.27. The van der Waals surface area contributed by atoms with E-state index in [4.69, 9.17) is 0 Å². The van der Waals surface area contributed by atoms with E-state index in [0.29, 0.717) is 5.04 Å². The normalized spacial score (nSPS) is 20.1. The first kappa shape index (κ1) is 17.7. The molecular weight excluding hydrogens is 219 g/mol. The monoisotopic (exact) mass is 248 g/mol. The third-order valence-corrected chi connectivity index (χ3v) is 10.2. The predicted molar refractivity (Wildman–Crippen MR) is 75.2 cm³/mol. The van der Waals surface area contributed by atoms with Crippen LogP contribution in [0.5, 0.6) is 0 Å². The fourth-order valence-electron chi connectivity index (χ4n) is 2.23. The van der Waals surface area contributed by atoms with Gasteiger partial charge in [0.05, 0.1) is 0 Å². The van der Waals surface area contributed by atoms with E-state index in [1.54, 1.807) is 0 Å². The number of piperazine rings is 1. The molecule has 1 aliphatic heterocycles. The zero-order chi connectivity index (χ0) is 12.4. The van der Waals surface area contributed by atoms with E-state index in [9.17, 15) is 0 Å². The van der Waals surface area contributed by atoms with Gasteiger partial charge in [0.1, 0.15) is 8.24 Å². The third-order valence-electron chi connectivity index (χ3n) is 4.47. The van der Waals surface area contributed by atoms with Crippen LogP contribution in [0, 0.1) is 6.92 Å². The first-order valence-corrected chi connectivity index (χ1v) is 9.50. The van der Waals surface area contributed by atoms with Crippen LogP contribution in [0.1, 0.15) is 27.2 Å². The van der Waals surface area contributed by atoms with Crippen LogP contribution in [-0.4, -0.2) is 50.4 Å². The van der Waals surface area contributed by atoms with Crippen molar-refractivity contribution in [3.8, 4) is 0 Å². The van der Waals surface area contributed by atoms with Crippen molar-refractivity contribution in [3.63, 3.8) is 0 Å². The summed E-state index contributed by atoms with van der Waals surface area (Å²) in [6.45, 7) is 22.4. The second-order valence-electron chi connectivity index (χ2n) is 6.49. The quantitative estimate of drug-likeness (QED) is 0.506. The van der Waals surface area contributed by atoms with Gasteiger partial charge < -0.3 is 16.4 Å². The minimum absolute atomic E-state index is 0. The van der Waals surface area contributed by atoms with Crippen molar-refractivity contribution in [2.45, 2.75) is 45.3 Å². The Morgan fingerprint density at radius 1 is 1.06 bits per heavy atom. The zero-order valence-electron chi connectivity index (χ0n) is 12.8. The summed E-state index contributed by atoms with van der Waals surface area (Å²) >= 11 is 0. The van der Waals surface area contributed by atoms with Gasteiger partial charge in [0, 0.05) is 26.2 Å². The van der Waals surface area contributed by atoms with Crippen LogP contribution in [-0.2, 0) is 0 Å². The molecule has 0 amide bonds. The third kappa shape index (κ3) is 4.40. The molecule has 0 aromatic carbocycles. The first-order chi connectivity index (χ1) is 7.29. The van der Waals surface area contributed by atoms with Gasteiger partial charge in [-0.05, 0) is 11.6 Å². The standard InChI is InChI=1S/C13H29N2Si.Li/c1-7-8-14-9-11-15(12-10-14)16(5,6)13(2,3)4;/h1,7-12H2,2-6H3;/q-1;+1. The minimum atomic E-state index is -1.27. The minimum Gasteiger partial charge on any atom is -0.342 e. The van der Waals surface area contributed by atoms with Crippen LogP contribution < -0.4 is 18.9 Å². The second-order valence-corrected chi connectivity index (χ2v) is 11.7. The summed E-state index contributed by atoms with van der Waals surface area (Å²) in [5.74, 6) is 0. The van der Waals surface area contributed by atoms with Gasteiger partial charge in [0.15, 0.2) is 0 Å². The molecule has 0 spiro atoms. The summed E-state index contributed by atoms with van der Waals surface area (Å²) < 4.78 is 2.78. The van der Waals surface area contributed by atoms with E-state index < -0.39 is 8.24 Å². The van der Waals surface area contributed by atoms with Gasteiger partial charge in [0.25, 0.3) is 0 Å². The van der Waals surface area contributed by atoms with Crippen molar-refractivity contribution in [1.82, 2.24) is 9.47 Å². The molecule has 4 heteroatoms. The Morgan fingerprint density at radius 2 is 1.53 bits per heavy atom. The largest absolute Gasteiger partial charge is 1.00 e. The van der Waals surface area contributed by atoms with Crippen molar-refractivity contribution in [2.75, 3.05) is 32.7 Å². The number of nitrogens with zero attached hydrogens (tertiary/aromatic N) is 2. The molecule has 2 nitrogen and oxygen atoms in total. The molecule has 1 fully saturated rings. The Hall–Kier alpha value is 0.734. The molecule has 0 radical (unpaired) electrons. The van der Waals surface area contributed by atoms with Crippen molar-refractivity contribution in [1.29, 1.82) is 0 Å². The van der Waals surface area contributed by atoms with Crippen molar-refractivity contribution in [2.24, 2.45) is 0 Å². The SMILES string of the molecule is [CH2-]CCN1CCN([Si](C)(C)C(C)(C)C)CC1.[Li+]. The summed E-state index contributed by atoms with van der Waals surface area (Å²) in [6.07, 6.45) is 1.04. The van der Waals surface area contributed by atoms with Gasteiger partial charge in [-0.1, -0.05) is 33.9 Å². The maximum atomic E-state index is 3.94. The number of hydrogen-bond acceptors (Lipinski definition) is 2. The summed E-state index contributed by atoms with van der Waals surface area (Å²) in [6, 6.07) is 0. The Bertz CT molecular complexity index is 218. The molecule has 0 unspecified atom stereocenters. The Balaban J connectivity index is 0.00000256. The smallest absolute Gasteiger partial charge is 0.342 e. The maximum Gasteiger partial charge on any atom is 1.00 e. The van der Waals surface area contributed by atoms with E-state index >= 15 is 0 Å². The maximum absolute atomic E-state index is 3.94. The second kappa shape index (κ2) is 6.77. The van der Waals surface area contributed by atoms with E-state index in [1.807, 2.05) is 0 Å². The van der Waals surface area contributed by atoms with Crippen LogP contribution in [0.4, 0.5) is 0 Å². The Kier molecular flexibility index (Phi) is 7.06. The summed E-state index contributed by atoms with van der Waals surface area (Å²) in [5, 5.41) is 0.474. The van der Waals surface area contributed by atoms with E-state index in [1.165, 1.54) is 32.7 Å². The molecule has 1 aliphatic rings. The molecular formula is C13H29LiN2Si. The van der Waals surface area contributed by atoms with Gasteiger partial charge in [-0.2, -0.15) is 6.42 Å². The van der Waals surface area contributed by atoms with E-state index in [0.717, 1.165) is 6.42 Å². The van der Waals surface area contributed by atoms with Gasteiger partial charge in [-0.15, -0.1) is 0 Å². The van der Waals surface area contributed by atoms with Crippen LogP contribution in [0.3, 0.4) is 0 Å². The predicted octanol–water partition coefficient (Wildman–Crippen LogP) is -0.163. The molecule has 96 valence electrons. The summed E-state index contributed by atoms with van der Waals surface area (Å²) in [4.78, 5) is 2.55. The van der Waals surface area contributed by atoms with Crippen molar-refractivity contribution < 1.29 is 18.9 Å². The molecule has 0 atom stereocenters. The van der Waals surface area contributed by atoms with E-state index in [-0.39, 0.29) is 18.9 Å². The van der Waals surface area contributed by atoms with Gasteiger partial charge >= 0.3 is 18.9 Å². The van der Waals surface area contributed by atoms with Crippen molar-refractivity contribution in [3.05, 3.63) is 6.92 Å². The molecule has 17 heavy (non-hydrogen) atoms. The van der Waals surface area contributed by atoms with Crippen LogP contribution in [0.2, 0.25) is 18.1 Å². The Labute approximate surface area is 121 Å². The van der Waals surface area contributed by atoms with Gasteiger partial charge in [0.2, 0.25) is 0 Å². The van der Waals surface area contributed by atoms with Crippen molar-refractivity contribution >= 4 is 8.24 Å². The molecule has 0 aromatic heterocycles. The van der Waals surface area contributed by atoms with Gasteiger partial charge in [-0.25, -0.2) is 0 Å².